The Morgan fingerprint density at radius 3 is 2.40 bits per heavy atom. The average molecular weight is 435 g/mol. The largest absolute Gasteiger partial charge is 0.492 e. The van der Waals surface area contributed by atoms with E-state index in [0.717, 1.165) is 11.1 Å². The summed E-state index contributed by atoms with van der Waals surface area (Å²) < 4.78 is 45.5. The molecular weight excluding hydrogens is 407 g/mol. The molecule has 2 aromatic rings. The Bertz CT molecular complexity index is 985. The summed E-state index contributed by atoms with van der Waals surface area (Å²) >= 11 is 0. The fourth-order valence-corrected chi connectivity index (χ4v) is 4.96. The number of hydrogen-bond acceptors (Lipinski definition) is 4. The van der Waals surface area contributed by atoms with Crippen LogP contribution in [0.5, 0.6) is 5.75 Å². The van der Waals surface area contributed by atoms with Crippen LogP contribution in [0.3, 0.4) is 0 Å². The Balaban J connectivity index is 1.45. The summed E-state index contributed by atoms with van der Waals surface area (Å²) in [4.78, 5) is 12.7. The third kappa shape index (κ3) is 5.37. The van der Waals surface area contributed by atoms with E-state index >= 15 is 0 Å². The first-order valence-electron chi connectivity index (χ1n) is 10.0. The van der Waals surface area contributed by atoms with Crippen molar-refractivity contribution in [3.63, 3.8) is 0 Å². The Hall–Kier alpha value is -2.45. The number of halogens is 1. The number of rotatable bonds is 7. The van der Waals surface area contributed by atoms with Gasteiger partial charge in [0.2, 0.25) is 15.9 Å². The Labute approximate surface area is 177 Å². The molecule has 0 atom stereocenters. The summed E-state index contributed by atoms with van der Waals surface area (Å²) in [6, 6.07) is 10.8. The molecule has 0 spiro atoms. The van der Waals surface area contributed by atoms with E-state index in [1.807, 2.05) is 19.9 Å². The van der Waals surface area contributed by atoms with Gasteiger partial charge in [0.25, 0.3) is 0 Å². The Morgan fingerprint density at radius 2 is 1.77 bits per heavy atom. The minimum atomic E-state index is -3.55. The van der Waals surface area contributed by atoms with E-state index < -0.39 is 10.0 Å². The SMILES string of the molecule is Cc1ccc(S(=O)(=O)N2CCC(C(=O)NCCOc3ccc(F)cc3)CC2)cc1C. The number of benzene rings is 2. The third-order valence-corrected chi connectivity index (χ3v) is 7.32. The number of nitrogens with one attached hydrogen (secondary N) is 1. The van der Waals surface area contributed by atoms with Gasteiger partial charge in [-0.1, -0.05) is 6.07 Å². The van der Waals surface area contributed by atoms with Gasteiger partial charge in [0, 0.05) is 19.0 Å². The number of sulfonamides is 1. The van der Waals surface area contributed by atoms with Crippen molar-refractivity contribution in [1.29, 1.82) is 0 Å². The number of amides is 1. The van der Waals surface area contributed by atoms with Crippen molar-refractivity contribution in [2.45, 2.75) is 31.6 Å². The summed E-state index contributed by atoms with van der Waals surface area (Å²) in [7, 11) is -3.55. The maximum absolute atomic E-state index is 12.9. The van der Waals surface area contributed by atoms with Crippen LogP contribution < -0.4 is 10.1 Å². The van der Waals surface area contributed by atoms with E-state index in [4.69, 9.17) is 4.74 Å². The van der Waals surface area contributed by atoms with E-state index in [2.05, 4.69) is 5.32 Å². The van der Waals surface area contributed by atoms with Crippen LogP contribution in [0.1, 0.15) is 24.0 Å². The van der Waals surface area contributed by atoms with Crippen molar-refractivity contribution in [2.75, 3.05) is 26.2 Å². The van der Waals surface area contributed by atoms with Crippen molar-refractivity contribution in [2.24, 2.45) is 5.92 Å². The van der Waals surface area contributed by atoms with Crippen LogP contribution in [-0.2, 0) is 14.8 Å². The van der Waals surface area contributed by atoms with Crippen LogP contribution in [0.4, 0.5) is 4.39 Å². The van der Waals surface area contributed by atoms with Crippen molar-refractivity contribution in [3.8, 4) is 5.75 Å². The number of hydrogen-bond donors (Lipinski definition) is 1. The minimum Gasteiger partial charge on any atom is -0.492 e. The lowest BCUT2D eigenvalue weighted by atomic mass is 9.97. The van der Waals surface area contributed by atoms with Crippen molar-refractivity contribution >= 4 is 15.9 Å². The monoisotopic (exact) mass is 434 g/mol. The predicted molar refractivity (Wildman–Crippen MR) is 112 cm³/mol. The zero-order valence-electron chi connectivity index (χ0n) is 17.2. The molecule has 2 aromatic carbocycles. The van der Waals surface area contributed by atoms with Gasteiger partial charge in [-0.2, -0.15) is 4.31 Å². The van der Waals surface area contributed by atoms with E-state index in [-0.39, 0.29) is 24.2 Å². The second-order valence-electron chi connectivity index (χ2n) is 7.52. The lowest BCUT2D eigenvalue weighted by Gasteiger charge is -2.30. The molecule has 1 aliphatic rings. The van der Waals surface area contributed by atoms with Crippen molar-refractivity contribution < 1.29 is 22.3 Å². The molecule has 0 aliphatic carbocycles. The Kier molecular flexibility index (Phi) is 7.10. The van der Waals surface area contributed by atoms with Crippen molar-refractivity contribution in [1.82, 2.24) is 9.62 Å². The Morgan fingerprint density at radius 1 is 1.10 bits per heavy atom. The molecule has 0 saturated carbocycles. The minimum absolute atomic E-state index is 0.0964. The van der Waals surface area contributed by atoms with Crippen LogP contribution in [-0.4, -0.2) is 44.9 Å². The molecule has 0 unspecified atom stereocenters. The molecule has 1 heterocycles. The molecule has 1 fully saturated rings. The highest BCUT2D eigenvalue weighted by Crippen LogP contribution is 2.25. The number of piperidine rings is 1. The standard InChI is InChI=1S/C22H27FN2O4S/c1-16-3-8-21(15-17(16)2)30(27,28)25-12-9-18(10-13-25)22(26)24-11-14-29-20-6-4-19(23)5-7-20/h3-8,15,18H,9-14H2,1-2H3,(H,24,26). The first-order valence-corrected chi connectivity index (χ1v) is 11.4. The summed E-state index contributed by atoms with van der Waals surface area (Å²) in [6.07, 6.45) is 0.962. The van der Waals surface area contributed by atoms with Crippen LogP contribution >= 0.6 is 0 Å². The smallest absolute Gasteiger partial charge is 0.243 e. The molecular formula is C22H27FN2O4S. The van der Waals surface area contributed by atoms with E-state index in [1.165, 1.54) is 28.6 Å². The molecule has 6 nitrogen and oxygen atoms in total. The zero-order valence-corrected chi connectivity index (χ0v) is 18.0. The zero-order chi connectivity index (χ0) is 21.7. The molecule has 1 saturated heterocycles. The first-order chi connectivity index (χ1) is 14.3. The fourth-order valence-electron chi connectivity index (χ4n) is 3.40. The van der Waals surface area contributed by atoms with Crippen LogP contribution in [0.2, 0.25) is 0 Å². The lowest BCUT2D eigenvalue weighted by Crippen LogP contribution is -2.43. The quantitative estimate of drug-likeness (QED) is 0.680. The van der Waals surface area contributed by atoms with E-state index in [9.17, 15) is 17.6 Å². The first kappa shape index (κ1) is 22.2. The van der Waals surface area contributed by atoms with Gasteiger partial charge in [-0.15, -0.1) is 0 Å². The fraction of sp³-hybridized carbons (Fsp3) is 0.409. The highest BCUT2D eigenvalue weighted by Gasteiger charge is 2.32. The highest BCUT2D eigenvalue weighted by molar-refractivity contribution is 7.89. The lowest BCUT2D eigenvalue weighted by molar-refractivity contribution is -0.126. The van der Waals surface area contributed by atoms with Crippen LogP contribution in [0.25, 0.3) is 0 Å². The number of carbonyl (C=O) groups is 1. The van der Waals surface area contributed by atoms with Gasteiger partial charge in [0.15, 0.2) is 0 Å². The summed E-state index contributed by atoms with van der Waals surface area (Å²) in [5.41, 5.74) is 1.99. The van der Waals surface area contributed by atoms with Gasteiger partial charge in [-0.05, 0) is 74.2 Å². The van der Waals surface area contributed by atoms with Gasteiger partial charge in [0.1, 0.15) is 18.2 Å². The van der Waals surface area contributed by atoms with E-state index in [1.54, 1.807) is 12.1 Å². The van der Waals surface area contributed by atoms with Crippen LogP contribution in [0, 0.1) is 25.6 Å². The maximum atomic E-state index is 12.9. The second-order valence-corrected chi connectivity index (χ2v) is 9.46. The summed E-state index contributed by atoms with van der Waals surface area (Å²) in [5, 5.41) is 2.83. The molecule has 1 N–H and O–H groups in total. The van der Waals surface area contributed by atoms with Gasteiger partial charge in [0.05, 0.1) is 11.4 Å². The highest BCUT2D eigenvalue weighted by atomic mass is 32.2. The summed E-state index contributed by atoms with van der Waals surface area (Å²) in [6.45, 7) is 5.08. The molecule has 0 radical (unpaired) electrons. The van der Waals surface area contributed by atoms with Gasteiger partial charge in [-0.25, -0.2) is 12.8 Å². The maximum Gasteiger partial charge on any atom is 0.243 e. The van der Waals surface area contributed by atoms with Crippen LogP contribution in [0.15, 0.2) is 47.4 Å². The molecule has 1 aliphatic heterocycles. The number of ether oxygens (including phenoxy) is 1. The molecule has 0 aromatic heterocycles. The molecule has 1 amide bonds. The molecule has 3 rings (SSSR count). The topological polar surface area (TPSA) is 75.7 Å². The van der Waals surface area contributed by atoms with Crippen molar-refractivity contribution in [3.05, 3.63) is 59.4 Å². The van der Waals surface area contributed by atoms with Gasteiger partial charge < -0.3 is 10.1 Å². The molecule has 162 valence electrons. The normalized spacial score (nSPS) is 15.7. The second kappa shape index (κ2) is 9.57. The number of nitrogens with zero attached hydrogens (tertiary/aromatic N) is 1. The van der Waals surface area contributed by atoms with Gasteiger partial charge >= 0.3 is 0 Å². The van der Waals surface area contributed by atoms with E-state index in [0.29, 0.717) is 43.1 Å². The average Bonchev–Trinajstić information content (AvgIpc) is 2.74. The molecule has 8 heteroatoms. The predicted octanol–water partition coefficient (Wildman–Crippen LogP) is 3.04. The molecule has 0 bridgehead atoms. The molecule has 30 heavy (non-hydrogen) atoms. The third-order valence-electron chi connectivity index (χ3n) is 5.42. The number of aryl methyl sites for hydroxylation is 2. The summed E-state index contributed by atoms with van der Waals surface area (Å²) in [5.74, 6) is -0.111. The van der Waals surface area contributed by atoms with Gasteiger partial charge in [-0.3, -0.25) is 4.79 Å². The number of carbonyl (C=O) groups excluding carboxylic acids is 1.